The quantitative estimate of drug-likeness (QED) is 0.163. The molecular weight excluding hydrogens is 752 g/mol. The number of hydrogen-bond acceptors (Lipinski definition) is 2. The SMILES string of the molecule is [C-]#[N+]c1ccc(-c2cc(C(F)(F)F)ccc2-n2c3ccccc3c3cc(-c4ccccc4C#N)ccc32)c(-n2c3ccccc3c3cc(-c4ccccc4C#N)ccc32)c1. The number of nitriles is 2. The molecule has 0 spiro atoms. The summed E-state index contributed by atoms with van der Waals surface area (Å²) in [5.74, 6) is 0. The van der Waals surface area contributed by atoms with Crippen LogP contribution >= 0.6 is 0 Å². The molecule has 0 aliphatic heterocycles. The highest BCUT2D eigenvalue weighted by Gasteiger charge is 2.32. The van der Waals surface area contributed by atoms with Gasteiger partial charge in [0.1, 0.15) is 0 Å². The Hall–Kier alpha value is -8.38. The van der Waals surface area contributed by atoms with Gasteiger partial charge in [0.2, 0.25) is 0 Å². The summed E-state index contributed by atoms with van der Waals surface area (Å²) in [6.45, 7) is 8.00. The summed E-state index contributed by atoms with van der Waals surface area (Å²) >= 11 is 0. The van der Waals surface area contributed by atoms with Crippen molar-refractivity contribution in [3.8, 4) is 56.9 Å². The number of alkyl halides is 3. The van der Waals surface area contributed by atoms with E-state index in [0.29, 0.717) is 39.3 Å². The van der Waals surface area contributed by atoms with Crippen molar-refractivity contribution in [3.63, 3.8) is 0 Å². The van der Waals surface area contributed by atoms with E-state index in [1.165, 1.54) is 12.1 Å². The van der Waals surface area contributed by atoms with Crippen LogP contribution in [0.4, 0.5) is 18.9 Å². The van der Waals surface area contributed by atoms with Crippen molar-refractivity contribution >= 4 is 49.3 Å². The molecule has 8 heteroatoms. The van der Waals surface area contributed by atoms with Gasteiger partial charge in [0, 0.05) is 38.4 Å². The first-order valence-electron chi connectivity index (χ1n) is 19.1. The first kappa shape index (κ1) is 36.0. The lowest BCUT2D eigenvalue weighted by molar-refractivity contribution is -0.137. The summed E-state index contributed by atoms with van der Waals surface area (Å²) in [6, 6.07) is 55.8. The smallest absolute Gasteiger partial charge is 0.310 e. The van der Waals surface area contributed by atoms with Gasteiger partial charge in [-0.15, -0.1) is 0 Å². The minimum Gasteiger partial charge on any atom is -0.310 e. The molecular formula is C52H28F3N5. The van der Waals surface area contributed by atoms with Crippen molar-refractivity contribution in [3.05, 3.63) is 198 Å². The maximum absolute atomic E-state index is 14.8. The fourth-order valence-electron chi connectivity index (χ4n) is 8.59. The molecule has 0 unspecified atom stereocenters. The second-order valence-electron chi connectivity index (χ2n) is 14.5. The van der Waals surface area contributed by atoms with E-state index >= 15 is 0 Å². The van der Waals surface area contributed by atoms with Crippen LogP contribution < -0.4 is 0 Å². The number of halogens is 3. The predicted molar refractivity (Wildman–Crippen MR) is 232 cm³/mol. The zero-order chi connectivity index (χ0) is 41.1. The highest BCUT2D eigenvalue weighted by Crippen LogP contribution is 2.45. The minimum absolute atomic E-state index is 0.323. The maximum atomic E-state index is 14.8. The van der Waals surface area contributed by atoms with Crippen LogP contribution in [0.15, 0.2) is 170 Å². The van der Waals surface area contributed by atoms with E-state index in [0.717, 1.165) is 71.9 Å². The number of aromatic nitrogens is 2. The molecule has 0 fully saturated rings. The Morgan fingerprint density at radius 3 is 1.48 bits per heavy atom. The van der Waals surface area contributed by atoms with E-state index in [-0.39, 0.29) is 0 Å². The molecule has 0 N–H and O–H groups in total. The maximum Gasteiger partial charge on any atom is 0.416 e. The van der Waals surface area contributed by atoms with Gasteiger partial charge in [-0.3, -0.25) is 0 Å². The highest BCUT2D eigenvalue weighted by molar-refractivity contribution is 6.13. The summed E-state index contributed by atoms with van der Waals surface area (Å²) < 4.78 is 48.3. The fourth-order valence-corrected chi connectivity index (χ4v) is 8.59. The van der Waals surface area contributed by atoms with Crippen molar-refractivity contribution in [1.29, 1.82) is 10.5 Å². The Labute approximate surface area is 342 Å². The standard InChI is InChI=1S/C52H28F3N5/c1-58-37-21-22-42(51(29-37)60-47-17-9-7-15-41(47)44-27-33(19-24-49(44)60)39-13-5-3-11-35(39)31-57)45-28-36(52(53,54)55)20-25-50(45)59-46-16-8-6-14-40(46)43-26-32(18-23-48(43)59)38-12-4-2-10-34(38)30-56/h2-29H. The summed E-state index contributed by atoms with van der Waals surface area (Å²) in [5, 5.41) is 23.4. The number of rotatable bonds is 5. The largest absolute Gasteiger partial charge is 0.416 e. The van der Waals surface area contributed by atoms with E-state index in [2.05, 4.69) is 17.0 Å². The molecule has 0 aliphatic carbocycles. The third-order valence-electron chi connectivity index (χ3n) is 11.3. The van der Waals surface area contributed by atoms with Crippen LogP contribution in [0.2, 0.25) is 0 Å². The molecule has 5 nitrogen and oxygen atoms in total. The van der Waals surface area contributed by atoms with Crippen LogP contribution in [0.1, 0.15) is 16.7 Å². The topological polar surface area (TPSA) is 61.8 Å². The average Bonchev–Trinajstić information content (AvgIpc) is 3.80. The second-order valence-corrected chi connectivity index (χ2v) is 14.5. The van der Waals surface area contributed by atoms with E-state index in [1.807, 2.05) is 130 Å². The molecule has 0 bridgehead atoms. The molecule has 0 saturated heterocycles. The Balaban J connectivity index is 1.27. The molecule has 0 radical (unpaired) electrons. The van der Waals surface area contributed by atoms with Gasteiger partial charge < -0.3 is 9.13 Å². The number of fused-ring (bicyclic) bond motifs is 6. The molecule has 10 rings (SSSR count). The molecule has 60 heavy (non-hydrogen) atoms. The van der Waals surface area contributed by atoms with Gasteiger partial charge in [-0.1, -0.05) is 97.1 Å². The molecule has 282 valence electrons. The summed E-state index contributed by atoms with van der Waals surface area (Å²) in [6.07, 6.45) is -4.64. The van der Waals surface area contributed by atoms with E-state index < -0.39 is 11.7 Å². The number of para-hydroxylation sites is 2. The Kier molecular flexibility index (Phi) is 8.35. The predicted octanol–water partition coefficient (Wildman–Crippen LogP) is 14.2. The zero-order valence-electron chi connectivity index (χ0n) is 31.5. The second kappa shape index (κ2) is 13.9. The van der Waals surface area contributed by atoms with Crippen molar-refractivity contribution in [1.82, 2.24) is 9.13 Å². The number of nitrogens with zero attached hydrogens (tertiary/aromatic N) is 5. The lowest BCUT2D eigenvalue weighted by atomic mass is 9.97. The molecule has 2 aromatic heterocycles. The molecule has 0 atom stereocenters. The van der Waals surface area contributed by atoms with Crippen LogP contribution in [0.3, 0.4) is 0 Å². The van der Waals surface area contributed by atoms with E-state index in [1.54, 1.807) is 30.3 Å². The van der Waals surface area contributed by atoms with Crippen LogP contribution in [0.5, 0.6) is 0 Å². The van der Waals surface area contributed by atoms with Gasteiger partial charge in [0.05, 0.1) is 63.2 Å². The Morgan fingerprint density at radius 2 is 0.950 bits per heavy atom. The summed E-state index contributed by atoms with van der Waals surface area (Å²) in [7, 11) is 0. The number of benzene rings is 8. The van der Waals surface area contributed by atoms with Crippen LogP contribution in [0.25, 0.3) is 93.2 Å². The molecule has 0 aliphatic rings. The van der Waals surface area contributed by atoms with Crippen molar-refractivity contribution in [2.75, 3.05) is 0 Å². The molecule has 2 heterocycles. The van der Waals surface area contributed by atoms with Gasteiger partial charge >= 0.3 is 6.18 Å². The van der Waals surface area contributed by atoms with Gasteiger partial charge in [0.15, 0.2) is 5.69 Å². The van der Waals surface area contributed by atoms with Crippen molar-refractivity contribution in [2.24, 2.45) is 0 Å². The molecule has 0 amide bonds. The zero-order valence-corrected chi connectivity index (χ0v) is 31.5. The third-order valence-corrected chi connectivity index (χ3v) is 11.3. The third kappa shape index (κ3) is 5.69. The van der Waals surface area contributed by atoms with Gasteiger partial charge in [-0.2, -0.15) is 23.7 Å². The van der Waals surface area contributed by atoms with E-state index in [9.17, 15) is 23.7 Å². The summed E-state index contributed by atoms with van der Waals surface area (Å²) in [5.41, 5.74) is 8.90. The minimum atomic E-state index is -4.64. The first-order valence-corrected chi connectivity index (χ1v) is 19.1. The highest BCUT2D eigenvalue weighted by atomic mass is 19.4. The lowest BCUT2D eigenvalue weighted by Gasteiger charge is -2.20. The molecule has 10 aromatic rings. The monoisotopic (exact) mass is 779 g/mol. The average molecular weight is 780 g/mol. The van der Waals surface area contributed by atoms with Crippen LogP contribution in [-0.2, 0) is 6.18 Å². The number of hydrogen-bond donors (Lipinski definition) is 0. The Morgan fingerprint density at radius 1 is 0.450 bits per heavy atom. The van der Waals surface area contributed by atoms with Gasteiger partial charge in [0.25, 0.3) is 0 Å². The Bertz CT molecular complexity index is 3530. The molecule has 8 aromatic carbocycles. The normalized spacial score (nSPS) is 11.5. The summed E-state index contributed by atoms with van der Waals surface area (Å²) in [4.78, 5) is 3.77. The lowest BCUT2D eigenvalue weighted by Crippen LogP contribution is -2.08. The van der Waals surface area contributed by atoms with Gasteiger partial charge in [-0.25, -0.2) is 4.85 Å². The van der Waals surface area contributed by atoms with Crippen molar-refractivity contribution in [2.45, 2.75) is 6.18 Å². The van der Waals surface area contributed by atoms with Crippen molar-refractivity contribution < 1.29 is 13.2 Å². The first-order chi connectivity index (χ1) is 29.3. The van der Waals surface area contributed by atoms with E-state index in [4.69, 9.17) is 6.57 Å². The van der Waals surface area contributed by atoms with Crippen LogP contribution in [0, 0.1) is 29.2 Å². The molecule has 0 saturated carbocycles. The fraction of sp³-hybridized carbons (Fsp3) is 0.0192. The van der Waals surface area contributed by atoms with Gasteiger partial charge in [-0.05, 0) is 95.1 Å². The van der Waals surface area contributed by atoms with Crippen LogP contribution in [-0.4, -0.2) is 9.13 Å².